The average molecular weight is 483 g/mol. The van der Waals surface area contributed by atoms with Crippen LogP contribution in [0.2, 0.25) is 0 Å². The second-order valence-corrected chi connectivity index (χ2v) is 8.50. The van der Waals surface area contributed by atoms with Crippen LogP contribution in [0.15, 0.2) is 85.1 Å². The number of carbonyl (C=O) groups is 3. The molecular formula is C22H15BrN2O4S. The maximum atomic E-state index is 12.9. The van der Waals surface area contributed by atoms with Crippen LogP contribution in [0.25, 0.3) is 6.08 Å². The molecule has 3 aromatic rings. The van der Waals surface area contributed by atoms with Crippen LogP contribution in [0.4, 0.5) is 10.5 Å². The predicted octanol–water partition coefficient (Wildman–Crippen LogP) is 5.17. The molecule has 2 aromatic carbocycles. The van der Waals surface area contributed by atoms with Crippen molar-refractivity contribution < 1.29 is 18.8 Å². The Morgan fingerprint density at radius 1 is 0.967 bits per heavy atom. The lowest BCUT2D eigenvalue weighted by Gasteiger charge is -2.26. The minimum Gasteiger partial charge on any atom is -0.450 e. The molecule has 0 atom stereocenters. The van der Waals surface area contributed by atoms with Crippen LogP contribution in [-0.4, -0.2) is 17.8 Å². The minimum atomic E-state index is -0.792. The summed E-state index contributed by atoms with van der Waals surface area (Å²) in [6.07, 6.45) is 1.34. The molecule has 1 N–H and O–H groups in total. The number of barbiturate groups is 1. The molecule has 2 heterocycles. The Hall–Kier alpha value is -3.10. The largest absolute Gasteiger partial charge is 0.450 e. The van der Waals surface area contributed by atoms with E-state index in [1.54, 1.807) is 36.4 Å². The molecule has 0 unspecified atom stereocenters. The highest BCUT2D eigenvalue weighted by molar-refractivity contribution is 9.10. The van der Waals surface area contributed by atoms with Crippen molar-refractivity contribution in [3.05, 3.63) is 82.0 Å². The highest BCUT2D eigenvalue weighted by Crippen LogP contribution is 2.30. The normalized spacial score (nSPS) is 15.6. The number of nitrogens with zero attached hydrogens (tertiary/aromatic N) is 1. The van der Waals surface area contributed by atoms with Gasteiger partial charge in [0.15, 0.2) is 5.09 Å². The van der Waals surface area contributed by atoms with Crippen molar-refractivity contribution in [2.45, 2.75) is 16.9 Å². The Kier molecular flexibility index (Phi) is 5.61. The summed E-state index contributed by atoms with van der Waals surface area (Å²) < 4.78 is 6.55. The van der Waals surface area contributed by atoms with Gasteiger partial charge in [-0.1, -0.05) is 45.4 Å². The minimum absolute atomic E-state index is 0.182. The van der Waals surface area contributed by atoms with E-state index in [4.69, 9.17) is 4.42 Å². The van der Waals surface area contributed by atoms with E-state index in [1.807, 2.05) is 31.2 Å². The smallest absolute Gasteiger partial charge is 0.335 e. The molecule has 1 aliphatic rings. The maximum Gasteiger partial charge on any atom is 0.335 e. The van der Waals surface area contributed by atoms with Crippen LogP contribution in [-0.2, 0) is 9.59 Å². The van der Waals surface area contributed by atoms with Crippen molar-refractivity contribution >= 4 is 57.3 Å². The van der Waals surface area contributed by atoms with Gasteiger partial charge in [-0.3, -0.25) is 14.9 Å². The van der Waals surface area contributed by atoms with Crippen LogP contribution in [0.1, 0.15) is 11.3 Å². The standard InChI is InChI=1S/C22H15BrN2O4S/c1-13-2-9-17(10-3-13)30-19-11-8-16(29-19)12-18-20(26)24-22(28)25(21(18)27)15-6-4-14(23)5-7-15/h2-12H,1H3,(H,24,26,28)/b18-12+. The summed E-state index contributed by atoms with van der Waals surface area (Å²) in [5.41, 5.74) is 1.34. The summed E-state index contributed by atoms with van der Waals surface area (Å²) in [5.74, 6) is -1.13. The molecule has 0 radical (unpaired) electrons. The first kappa shape index (κ1) is 20.2. The zero-order valence-corrected chi connectivity index (χ0v) is 18.1. The summed E-state index contributed by atoms with van der Waals surface area (Å²) in [5, 5.41) is 2.82. The van der Waals surface area contributed by atoms with E-state index in [0.717, 1.165) is 19.8 Å². The van der Waals surface area contributed by atoms with Crippen molar-refractivity contribution in [2.24, 2.45) is 0 Å². The number of hydrogen-bond acceptors (Lipinski definition) is 5. The number of imide groups is 2. The average Bonchev–Trinajstić information content (AvgIpc) is 3.15. The number of carbonyl (C=O) groups excluding carboxylic acids is 3. The third-order valence-electron chi connectivity index (χ3n) is 4.31. The van der Waals surface area contributed by atoms with Crippen LogP contribution in [0.5, 0.6) is 0 Å². The Bertz CT molecular complexity index is 1170. The molecule has 4 rings (SSSR count). The van der Waals surface area contributed by atoms with Gasteiger partial charge in [-0.25, -0.2) is 9.69 Å². The first-order valence-corrected chi connectivity index (χ1v) is 10.5. The first-order valence-electron chi connectivity index (χ1n) is 8.92. The van der Waals surface area contributed by atoms with Crippen molar-refractivity contribution in [1.82, 2.24) is 5.32 Å². The molecule has 1 aliphatic heterocycles. The van der Waals surface area contributed by atoms with Gasteiger partial charge in [0.2, 0.25) is 0 Å². The van der Waals surface area contributed by atoms with Crippen LogP contribution in [0, 0.1) is 6.92 Å². The SMILES string of the molecule is Cc1ccc(Sc2ccc(/C=C3\C(=O)NC(=O)N(c4ccc(Br)cc4)C3=O)o2)cc1. The fourth-order valence-electron chi connectivity index (χ4n) is 2.81. The quantitative estimate of drug-likeness (QED) is 0.409. The first-order chi connectivity index (χ1) is 14.4. The molecule has 8 heteroatoms. The number of furan rings is 1. The van der Waals surface area contributed by atoms with Crippen LogP contribution in [0.3, 0.4) is 0 Å². The van der Waals surface area contributed by atoms with E-state index in [2.05, 4.69) is 21.2 Å². The van der Waals surface area contributed by atoms with Crippen molar-refractivity contribution in [3.8, 4) is 0 Å². The predicted molar refractivity (Wildman–Crippen MR) is 117 cm³/mol. The number of urea groups is 1. The van der Waals surface area contributed by atoms with Crippen LogP contribution >= 0.6 is 27.7 Å². The van der Waals surface area contributed by atoms with Crippen molar-refractivity contribution in [3.63, 3.8) is 0 Å². The molecular weight excluding hydrogens is 468 g/mol. The van der Waals surface area contributed by atoms with Gasteiger partial charge in [0.25, 0.3) is 11.8 Å². The fourth-order valence-corrected chi connectivity index (χ4v) is 3.86. The lowest BCUT2D eigenvalue weighted by atomic mass is 10.1. The van der Waals surface area contributed by atoms with Crippen LogP contribution < -0.4 is 10.2 Å². The highest BCUT2D eigenvalue weighted by atomic mass is 79.9. The molecule has 0 aliphatic carbocycles. The van der Waals surface area contributed by atoms with E-state index >= 15 is 0 Å². The summed E-state index contributed by atoms with van der Waals surface area (Å²) in [7, 11) is 0. The number of halogens is 1. The monoisotopic (exact) mass is 482 g/mol. The number of amides is 4. The Labute approximate surface area is 185 Å². The molecule has 150 valence electrons. The zero-order chi connectivity index (χ0) is 21.3. The molecule has 6 nitrogen and oxygen atoms in total. The molecule has 0 bridgehead atoms. The third-order valence-corrected chi connectivity index (χ3v) is 5.77. The van der Waals surface area contributed by atoms with Crippen molar-refractivity contribution in [2.75, 3.05) is 4.90 Å². The van der Waals surface area contributed by atoms with Gasteiger partial charge in [-0.15, -0.1) is 0 Å². The summed E-state index contributed by atoms with van der Waals surface area (Å²) in [6, 6.07) is 17.3. The Morgan fingerprint density at radius 2 is 1.67 bits per heavy atom. The zero-order valence-electron chi connectivity index (χ0n) is 15.7. The number of rotatable bonds is 4. The Balaban J connectivity index is 1.59. The summed E-state index contributed by atoms with van der Waals surface area (Å²) in [4.78, 5) is 39.3. The van der Waals surface area contributed by atoms with Gasteiger partial charge in [-0.05, 0) is 61.5 Å². The van der Waals surface area contributed by atoms with E-state index < -0.39 is 17.8 Å². The Morgan fingerprint density at radius 3 is 2.37 bits per heavy atom. The molecule has 1 fully saturated rings. The lowest BCUT2D eigenvalue weighted by Crippen LogP contribution is -2.54. The van der Waals surface area contributed by atoms with Gasteiger partial charge in [-0.2, -0.15) is 0 Å². The molecule has 1 aromatic heterocycles. The number of aryl methyl sites for hydroxylation is 1. The topological polar surface area (TPSA) is 79.6 Å². The highest BCUT2D eigenvalue weighted by Gasteiger charge is 2.37. The second-order valence-electron chi connectivity index (χ2n) is 6.51. The number of benzene rings is 2. The molecule has 4 amide bonds. The molecule has 30 heavy (non-hydrogen) atoms. The molecule has 1 saturated heterocycles. The van der Waals surface area contributed by atoms with Gasteiger partial charge >= 0.3 is 6.03 Å². The lowest BCUT2D eigenvalue weighted by molar-refractivity contribution is -0.122. The second kappa shape index (κ2) is 8.33. The van der Waals surface area contributed by atoms with E-state index in [1.165, 1.54) is 17.8 Å². The van der Waals surface area contributed by atoms with E-state index in [0.29, 0.717) is 16.5 Å². The van der Waals surface area contributed by atoms with Gasteiger partial charge in [0.05, 0.1) is 5.69 Å². The third kappa shape index (κ3) is 4.24. The van der Waals surface area contributed by atoms with Gasteiger partial charge in [0, 0.05) is 9.37 Å². The van der Waals surface area contributed by atoms with Gasteiger partial charge in [0.1, 0.15) is 11.3 Å². The number of anilines is 1. The maximum absolute atomic E-state index is 12.9. The fraction of sp³-hybridized carbons (Fsp3) is 0.0455. The molecule has 0 spiro atoms. The van der Waals surface area contributed by atoms with Crippen molar-refractivity contribution in [1.29, 1.82) is 0 Å². The van der Waals surface area contributed by atoms with E-state index in [9.17, 15) is 14.4 Å². The number of nitrogens with one attached hydrogen (secondary N) is 1. The summed E-state index contributed by atoms with van der Waals surface area (Å²) in [6.45, 7) is 2.01. The summed E-state index contributed by atoms with van der Waals surface area (Å²) >= 11 is 4.74. The van der Waals surface area contributed by atoms with Gasteiger partial charge < -0.3 is 4.42 Å². The number of hydrogen-bond donors (Lipinski definition) is 1. The van der Waals surface area contributed by atoms with E-state index in [-0.39, 0.29) is 5.57 Å². The molecule has 0 saturated carbocycles.